The molecule has 0 heterocycles. The summed E-state index contributed by atoms with van der Waals surface area (Å²) in [6.45, 7) is 2.25. The number of benzene rings is 2. The second kappa shape index (κ2) is 6.12. The van der Waals surface area contributed by atoms with Crippen molar-refractivity contribution in [3.8, 4) is 0 Å². The fourth-order valence-electron chi connectivity index (χ4n) is 1.73. The van der Waals surface area contributed by atoms with E-state index in [1.165, 1.54) is 6.07 Å². The van der Waals surface area contributed by atoms with Crippen molar-refractivity contribution in [2.75, 3.05) is 5.32 Å². The topological polar surface area (TPSA) is 12.0 Å². The largest absolute Gasteiger partial charge is 0.378 e. The summed E-state index contributed by atoms with van der Waals surface area (Å²) >= 11 is 15.5. The molecule has 1 nitrogen and oxygen atoms in total. The van der Waals surface area contributed by atoms with Gasteiger partial charge in [-0.15, -0.1) is 0 Å². The first-order chi connectivity index (χ1) is 8.97. The third-order valence-corrected chi connectivity index (χ3v) is 3.72. The number of hydrogen-bond acceptors (Lipinski definition) is 1. The summed E-state index contributed by atoms with van der Waals surface area (Å²) in [6.07, 6.45) is 0. The molecule has 0 amide bonds. The standard InChI is InChI=1S/C14H11BrCl2FN/c1-8-2-3-13(18)9(4-8)7-19-14-11(16)5-10(15)6-12(14)17/h2-6,19H,7H2,1H3. The molecule has 1 N–H and O–H groups in total. The average molecular weight is 363 g/mol. The lowest BCUT2D eigenvalue weighted by Gasteiger charge is -2.12. The fourth-order valence-corrected chi connectivity index (χ4v) is 3.08. The van der Waals surface area contributed by atoms with Gasteiger partial charge in [-0.25, -0.2) is 4.39 Å². The van der Waals surface area contributed by atoms with Gasteiger partial charge in [0.05, 0.1) is 15.7 Å². The molecule has 0 saturated carbocycles. The molecule has 2 aromatic rings. The van der Waals surface area contributed by atoms with Gasteiger partial charge < -0.3 is 5.32 Å². The molecule has 0 fully saturated rings. The monoisotopic (exact) mass is 361 g/mol. The Morgan fingerprint density at radius 3 is 2.42 bits per heavy atom. The van der Waals surface area contributed by atoms with Crippen molar-refractivity contribution < 1.29 is 4.39 Å². The highest BCUT2D eigenvalue weighted by atomic mass is 79.9. The van der Waals surface area contributed by atoms with Crippen LogP contribution in [0.4, 0.5) is 10.1 Å². The van der Waals surface area contributed by atoms with Crippen LogP contribution in [0.25, 0.3) is 0 Å². The highest BCUT2D eigenvalue weighted by molar-refractivity contribution is 9.10. The summed E-state index contributed by atoms with van der Waals surface area (Å²) in [5.41, 5.74) is 2.19. The van der Waals surface area contributed by atoms with Crippen molar-refractivity contribution in [2.45, 2.75) is 13.5 Å². The van der Waals surface area contributed by atoms with E-state index in [0.717, 1.165) is 10.0 Å². The molecule has 0 spiro atoms. The Morgan fingerprint density at radius 2 is 1.79 bits per heavy atom. The van der Waals surface area contributed by atoms with Crippen LogP contribution in [0.5, 0.6) is 0 Å². The van der Waals surface area contributed by atoms with Crippen LogP contribution in [0, 0.1) is 12.7 Å². The molecule has 0 unspecified atom stereocenters. The molecule has 0 aliphatic carbocycles. The summed E-state index contributed by atoms with van der Waals surface area (Å²) in [6, 6.07) is 8.46. The molecule has 5 heteroatoms. The van der Waals surface area contributed by atoms with E-state index in [0.29, 0.717) is 27.8 Å². The van der Waals surface area contributed by atoms with E-state index in [1.807, 2.05) is 6.92 Å². The molecule has 0 aliphatic rings. The lowest BCUT2D eigenvalue weighted by atomic mass is 10.1. The number of aryl methyl sites for hydroxylation is 1. The Balaban J connectivity index is 2.21. The highest BCUT2D eigenvalue weighted by Gasteiger charge is 2.09. The van der Waals surface area contributed by atoms with Crippen LogP contribution in [0.1, 0.15) is 11.1 Å². The minimum absolute atomic E-state index is 0.248. The van der Waals surface area contributed by atoms with Gasteiger partial charge in [0.25, 0.3) is 0 Å². The van der Waals surface area contributed by atoms with E-state index < -0.39 is 0 Å². The Labute approximate surface area is 129 Å². The number of anilines is 1. The zero-order valence-corrected chi connectivity index (χ0v) is 13.2. The number of nitrogens with one attached hydrogen (secondary N) is 1. The van der Waals surface area contributed by atoms with Crippen molar-refractivity contribution in [1.29, 1.82) is 0 Å². The Bertz CT molecular complexity index is 593. The second-order valence-corrected chi connectivity index (χ2v) is 5.92. The lowest BCUT2D eigenvalue weighted by Crippen LogP contribution is -2.03. The third kappa shape index (κ3) is 3.62. The summed E-state index contributed by atoms with van der Waals surface area (Å²) in [4.78, 5) is 0. The first kappa shape index (κ1) is 14.6. The maximum Gasteiger partial charge on any atom is 0.128 e. The number of rotatable bonds is 3. The smallest absolute Gasteiger partial charge is 0.128 e. The molecule has 100 valence electrons. The molecule has 0 aromatic heterocycles. The molecule has 2 aromatic carbocycles. The van der Waals surface area contributed by atoms with Crippen LogP contribution >= 0.6 is 39.1 Å². The van der Waals surface area contributed by atoms with Crippen molar-refractivity contribution >= 4 is 44.8 Å². The van der Waals surface area contributed by atoms with Crippen molar-refractivity contribution in [2.24, 2.45) is 0 Å². The zero-order chi connectivity index (χ0) is 14.0. The summed E-state index contributed by atoms with van der Waals surface area (Å²) < 4.78 is 14.4. The summed E-state index contributed by atoms with van der Waals surface area (Å²) in [7, 11) is 0. The third-order valence-electron chi connectivity index (χ3n) is 2.66. The normalized spacial score (nSPS) is 10.6. The maximum absolute atomic E-state index is 13.6. The Hall–Kier alpha value is -0.770. The first-order valence-corrected chi connectivity index (χ1v) is 7.15. The second-order valence-electron chi connectivity index (χ2n) is 4.19. The number of hydrogen-bond donors (Lipinski definition) is 1. The van der Waals surface area contributed by atoms with E-state index in [2.05, 4.69) is 21.2 Å². The van der Waals surface area contributed by atoms with Crippen LogP contribution in [0.2, 0.25) is 10.0 Å². The van der Waals surface area contributed by atoms with Crippen molar-refractivity contribution in [3.63, 3.8) is 0 Å². The summed E-state index contributed by atoms with van der Waals surface area (Å²) in [5, 5.41) is 4.05. The molecular formula is C14H11BrCl2FN. The first-order valence-electron chi connectivity index (χ1n) is 5.61. The van der Waals surface area contributed by atoms with Crippen LogP contribution < -0.4 is 5.32 Å². The molecular weight excluding hydrogens is 352 g/mol. The van der Waals surface area contributed by atoms with E-state index in [9.17, 15) is 4.39 Å². The van der Waals surface area contributed by atoms with Gasteiger partial charge in [0.2, 0.25) is 0 Å². The maximum atomic E-state index is 13.6. The molecule has 0 atom stereocenters. The predicted molar refractivity (Wildman–Crippen MR) is 82.6 cm³/mol. The minimum Gasteiger partial charge on any atom is -0.378 e. The lowest BCUT2D eigenvalue weighted by molar-refractivity contribution is 0.612. The van der Waals surface area contributed by atoms with Gasteiger partial charge in [0.1, 0.15) is 5.82 Å². The van der Waals surface area contributed by atoms with E-state index in [-0.39, 0.29) is 5.82 Å². The SMILES string of the molecule is Cc1ccc(F)c(CNc2c(Cl)cc(Br)cc2Cl)c1. The van der Waals surface area contributed by atoms with Gasteiger partial charge in [-0.3, -0.25) is 0 Å². The highest BCUT2D eigenvalue weighted by Crippen LogP contribution is 2.34. The van der Waals surface area contributed by atoms with E-state index >= 15 is 0 Å². The van der Waals surface area contributed by atoms with Crippen molar-refractivity contribution in [3.05, 3.63) is 61.8 Å². The molecule has 2 rings (SSSR count). The van der Waals surface area contributed by atoms with Gasteiger partial charge >= 0.3 is 0 Å². The predicted octanol–water partition coefficient (Wildman–Crippen LogP) is 5.82. The molecule has 0 saturated heterocycles. The molecule has 19 heavy (non-hydrogen) atoms. The van der Waals surface area contributed by atoms with Gasteiger partial charge in [0.15, 0.2) is 0 Å². The number of halogens is 4. The molecule has 0 radical (unpaired) electrons. The van der Waals surface area contributed by atoms with Gasteiger partial charge in [-0.1, -0.05) is 56.8 Å². The zero-order valence-electron chi connectivity index (χ0n) is 10.1. The molecule has 0 aliphatic heterocycles. The average Bonchev–Trinajstić information content (AvgIpc) is 2.32. The van der Waals surface area contributed by atoms with E-state index in [1.54, 1.807) is 24.3 Å². The fraction of sp³-hybridized carbons (Fsp3) is 0.143. The van der Waals surface area contributed by atoms with Gasteiger partial charge in [0, 0.05) is 16.6 Å². The van der Waals surface area contributed by atoms with Gasteiger partial charge in [-0.05, 0) is 25.1 Å². The van der Waals surface area contributed by atoms with Crippen LogP contribution in [0.3, 0.4) is 0 Å². The van der Waals surface area contributed by atoms with Crippen LogP contribution in [0.15, 0.2) is 34.8 Å². The van der Waals surface area contributed by atoms with Gasteiger partial charge in [-0.2, -0.15) is 0 Å². The van der Waals surface area contributed by atoms with E-state index in [4.69, 9.17) is 23.2 Å². The summed E-state index contributed by atoms with van der Waals surface area (Å²) in [5.74, 6) is -0.248. The Morgan fingerprint density at radius 1 is 1.16 bits per heavy atom. The van der Waals surface area contributed by atoms with Crippen LogP contribution in [-0.4, -0.2) is 0 Å². The minimum atomic E-state index is -0.248. The Kier molecular flexibility index (Phi) is 4.71. The van der Waals surface area contributed by atoms with Crippen LogP contribution in [-0.2, 0) is 6.54 Å². The quantitative estimate of drug-likeness (QED) is 0.725. The van der Waals surface area contributed by atoms with Crippen molar-refractivity contribution in [1.82, 2.24) is 0 Å². The molecule has 0 bridgehead atoms.